The maximum absolute atomic E-state index is 12.8. The van der Waals surface area contributed by atoms with E-state index in [2.05, 4.69) is 10.3 Å². The Morgan fingerprint density at radius 3 is 2.43 bits per heavy atom. The molecular formula is C15H13FN2O3. The summed E-state index contributed by atoms with van der Waals surface area (Å²) in [5.41, 5.74) is 0.841. The van der Waals surface area contributed by atoms with Crippen molar-refractivity contribution in [2.75, 3.05) is 0 Å². The Morgan fingerprint density at radius 1 is 1.19 bits per heavy atom. The van der Waals surface area contributed by atoms with Crippen molar-refractivity contribution in [2.24, 2.45) is 0 Å². The third kappa shape index (κ3) is 3.62. The van der Waals surface area contributed by atoms with Gasteiger partial charge in [0.25, 0.3) is 5.91 Å². The molecule has 2 aromatic rings. The largest absolute Gasteiger partial charge is 0.478 e. The van der Waals surface area contributed by atoms with Crippen LogP contribution in [0.5, 0.6) is 0 Å². The first kappa shape index (κ1) is 14.6. The van der Waals surface area contributed by atoms with E-state index in [-0.39, 0.29) is 23.0 Å². The maximum Gasteiger partial charge on any atom is 0.337 e. The minimum Gasteiger partial charge on any atom is -0.478 e. The first-order valence-corrected chi connectivity index (χ1v) is 6.22. The SMILES string of the molecule is C[C@@H](NC(=O)c1cncc(C(=O)O)c1)c1ccc(F)cc1. The van der Waals surface area contributed by atoms with Gasteiger partial charge in [0, 0.05) is 12.4 Å². The van der Waals surface area contributed by atoms with E-state index in [9.17, 15) is 14.0 Å². The number of hydrogen-bond donors (Lipinski definition) is 2. The second kappa shape index (κ2) is 6.13. The Balaban J connectivity index is 2.12. The number of rotatable bonds is 4. The van der Waals surface area contributed by atoms with Gasteiger partial charge in [-0.05, 0) is 30.7 Å². The lowest BCUT2D eigenvalue weighted by Crippen LogP contribution is -2.27. The van der Waals surface area contributed by atoms with Crippen LogP contribution in [0.3, 0.4) is 0 Å². The molecule has 6 heteroatoms. The number of hydrogen-bond acceptors (Lipinski definition) is 3. The highest BCUT2D eigenvalue weighted by Crippen LogP contribution is 2.14. The molecule has 1 amide bonds. The van der Waals surface area contributed by atoms with Crippen molar-refractivity contribution in [3.05, 3.63) is 65.2 Å². The number of aromatic nitrogens is 1. The first-order chi connectivity index (χ1) is 9.97. The van der Waals surface area contributed by atoms with E-state index < -0.39 is 11.9 Å². The summed E-state index contributed by atoms with van der Waals surface area (Å²) in [4.78, 5) is 26.6. The highest BCUT2D eigenvalue weighted by molar-refractivity contribution is 5.97. The molecule has 1 heterocycles. The first-order valence-electron chi connectivity index (χ1n) is 6.22. The van der Waals surface area contributed by atoms with Gasteiger partial charge < -0.3 is 10.4 Å². The van der Waals surface area contributed by atoms with Gasteiger partial charge in [-0.1, -0.05) is 12.1 Å². The van der Waals surface area contributed by atoms with E-state index in [1.807, 2.05) is 0 Å². The fourth-order valence-electron chi connectivity index (χ4n) is 1.80. The molecule has 0 unspecified atom stereocenters. The monoisotopic (exact) mass is 288 g/mol. The lowest BCUT2D eigenvalue weighted by atomic mass is 10.1. The molecule has 0 aliphatic rings. The summed E-state index contributed by atoms with van der Waals surface area (Å²) in [6, 6.07) is 6.68. The second-order valence-corrected chi connectivity index (χ2v) is 4.51. The third-order valence-electron chi connectivity index (χ3n) is 2.96. The van der Waals surface area contributed by atoms with Crippen molar-refractivity contribution in [1.82, 2.24) is 10.3 Å². The highest BCUT2D eigenvalue weighted by atomic mass is 19.1. The Kier molecular flexibility index (Phi) is 4.27. The predicted molar refractivity (Wildman–Crippen MR) is 73.5 cm³/mol. The topological polar surface area (TPSA) is 79.3 Å². The zero-order chi connectivity index (χ0) is 15.4. The minimum atomic E-state index is -1.15. The lowest BCUT2D eigenvalue weighted by Gasteiger charge is -2.14. The van der Waals surface area contributed by atoms with Crippen LogP contribution >= 0.6 is 0 Å². The van der Waals surface area contributed by atoms with E-state index >= 15 is 0 Å². The van der Waals surface area contributed by atoms with Crippen molar-refractivity contribution in [1.29, 1.82) is 0 Å². The van der Waals surface area contributed by atoms with Gasteiger partial charge in [-0.2, -0.15) is 0 Å². The van der Waals surface area contributed by atoms with Crippen LogP contribution in [0, 0.1) is 5.82 Å². The van der Waals surface area contributed by atoms with E-state index in [1.54, 1.807) is 19.1 Å². The molecule has 108 valence electrons. The average molecular weight is 288 g/mol. The van der Waals surface area contributed by atoms with Crippen molar-refractivity contribution in [3.63, 3.8) is 0 Å². The van der Waals surface area contributed by atoms with Crippen molar-refractivity contribution in [3.8, 4) is 0 Å². The summed E-state index contributed by atoms with van der Waals surface area (Å²) in [6.45, 7) is 1.75. The second-order valence-electron chi connectivity index (χ2n) is 4.51. The quantitative estimate of drug-likeness (QED) is 0.905. The summed E-state index contributed by atoms with van der Waals surface area (Å²) in [5.74, 6) is -1.94. The molecule has 0 saturated carbocycles. The minimum absolute atomic E-state index is 0.0583. The molecule has 0 spiro atoms. The van der Waals surface area contributed by atoms with Crippen molar-refractivity contribution in [2.45, 2.75) is 13.0 Å². The number of nitrogens with one attached hydrogen (secondary N) is 1. The summed E-state index contributed by atoms with van der Waals surface area (Å²) in [7, 11) is 0. The van der Waals surface area contributed by atoms with Gasteiger partial charge in [-0.3, -0.25) is 9.78 Å². The molecule has 1 aromatic carbocycles. The van der Waals surface area contributed by atoms with Gasteiger partial charge in [0.05, 0.1) is 17.2 Å². The van der Waals surface area contributed by atoms with Gasteiger partial charge in [0.1, 0.15) is 5.82 Å². The third-order valence-corrected chi connectivity index (χ3v) is 2.96. The average Bonchev–Trinajstić information content (AvgIpc) is 2.48. The summed E-state index contributed by atoms with van der Waals surface area (Å²) < 4.78 is 12.8. The molecule has 1 aromatic heterocycles. The number of amides is 1. The smallest absolute Gasteiger partial charge is 0.337 e. The molecule has 0 aliphatic carbocycles. The number of nitrogens with zero attached hydrogens (tertiary/aromatic N) is 1. The van der Waals surface area contributed by atoms with Gasteiger partial charge in [0.15, 0.2) is 0 Å². The van der Waals surface area contributed by atoms with Crippen LogP contribution in [0.25, 0.3) is 0 Å². The van der Waals surface area contributed by atoms with E-state index in [0.29, 0.717) is 0 Å². The Morgan fingerprint density at radius 2 is 1.81 bits per heavy atom. The van der Waals surface area contributed by atoms with Crippen LogP contribution in [0.4, 0.5) is 4.39 Å². The van der Waals surface area contributed by atoms with Crippen LogP contribution in [0.1, 0.15) is 39.2 Å². The van der Waals surface area contributed by atoms with Crippen molar-refractivity contribution >= 4 is 11.9 Å². The molecule has 0 radical (unpaired) electrons. The number of aromatic carboxylic acids is 1. The molecule has 0 fully saturated rings. The van der Waals surface area contributed by atoms with Crippen LogP contribution in [0.15, 0.2) is 42.7 Å². The van der Waals surface area contributed by atoms with Gasteiger partial charge in [0.2, 0.25) is 0 Å². The molecule has 21 heavy (non-hydrogen) atoms. The van der Waals surface area contributed by atoms with Crippen LogP contribution in [-0.4, -0.2) is 22.0 Å². The molecule has 0 saturated heterocycles. The number of pyridine rings is 1. The molecular weight excluding hydrogens is 275 g/mol. The van der Waals surface area contributed by atoms with Crippen molar-refractivity contribution < 1.29 is 19.1 Å². The number of halogens is 1. The predicted octanol–water partition coefficient (Wildman–Crippen LogP) is 2.41. The van der Waals surface area contributed by atoms with Gasteiger partial charge in [-0.15, -0.1) is 0 Å². The standard InChI is InChI=1S/C15H13FN2O3/c1-9(10-2-4-13(16)5-3-10)18-14(19)11-6-12(15(20)21)8-17-7-11/h2-9H,1H3,(H,18,19)(H,20,21)/t9-/m1/s1. The number of benzene rings is 1. The highest BCUT2D eigenvalue weighted by Gasteiger charge is 2.14. The Labute approximate surface area is 120 Å². The Bertz CT molecular complexity index is 671. The molecule has 0 bridgehead atoms. The van der Waals surface area contributed by atoms with Gasteiger partial charge in [-0.25, -0.2) is 9.18 Å². The Hall–Kier alpha value is -2.76. The zero-order valence-corrected chi connectivity index (χ0v) is 11.2. The molecule has 2 rings (SSSR count). The summed E-state index contributed by atoms with van der Waals surface area (Å²) in [6.07, 6.45) is 2.46. The fraction of sp³-hybridized carbons (Fsp3) is 0.133. The summed E-state index contributed by atoms with van der Waals surface area (Å²) >= 11 is 0. The van der Waals surface area contributed by atoms with E-state index in [4.69, 9.17) is 5.11 Å². The molecule has 1 atom stereocenters. The van der Waals surface area contributed by atoms with E-state index in [1.165, 1.54) is 30.6 Å². The van der Waals surface area contributed by atoms with E-state index in [0.717, 1.165) is 5.56 Å². The van der Waals surface area contributed by atoms with Crippen LogP contribution < -0.4 is 5.32 Å². The number of carbonyl (C=O) groups excluding carboxylic acids is 1. The lowest BCUT2D eigenvalue weighted by molar-refractivity contribution is 0.0696. The van der Waals surface area contributed by atoms with Gasteiger partial charge >= 0.3 is 5.97 Å². The van der Waals surface area contributed by atoms with Crippen LogP contribution in [-0.2, 0) is 0 Å². The number of carboxylic acid groups (broad SMARTS) is 1. The maximum atomic E-state index is 12.8. The van der Waals surface area contributed by atoms with Crippen LogP contribution in [0.2, 0.25) is 0 Å². The molecule has 0 aliphatic heterocycles. The number of carbonyl (C=O) groups is 2. The summed E-state index contributed by atoms with van der Waals surface area (Å²) in [5, 5.41) is 11.6. The fourth-order valence-corrected chi connectivity index (χ4v) is 1.80. The normalized spacial score (nSPS) is 11.7. The number of carboxylic acids is 1. The molecule has 2 N–H and O–H groups in total. The molecule has 5 nitrogen and oxygen atoms in total. The zero-order valence-electron chi connectivity index (χ0n) is 11.2.